The zero-order valence-electron chi connectivity index (χ0n) is 35.3. The van der Waals surface area contributed by atoms with Crippen LogP contribution in [0.4, 0.5) is 9.59 Å². The first-order chi connectivity index (χ1) is 28.8. The molecule has 0 radical (unpaired) electrons. The minimum atomic E-state index is -0.812. The number of hydrogen-bond donors (Lipinski definition) is 2. The molecule has 0 aliphatic carbocycles. The van der Waals surface area contributed by atoms with Crippen LogP contribution < -0.4 is 5.32 Å². The summed E-state index contributed by atoms with van der Waals surface area (Å²) in [5, 5.41) is 2.57. The van der Waals surface area contributed by atoms with Gasteiger partial charge in [0, 0.05) is 38.0 Å². The highest BCUT2D eigenvalue weighted by molar-refractivity contribution is 6.04. The number of aliphatic imine (C=N–C) groups is 1. The van der Waals surface area contributed by atoms with Gasteiger partial charge < -0.3 is 29.6 Å². The molecule has 60 heavy (non-hydrogen) atoms. The van der Waals surface area contributed by atoms with E-state index in [2.05, 4.69) is 68.6 Å². The standard InChI is InChI=1S/C47H55N7O6/c1-7-52(46(58)60-47(3,4)5)41(35-13-9-8-10-14-35)44(56)53-25-11-15-39(53)37-27-36(28-48-37)33-19-17-31(18-20-33)32-21-23-34(24-22-32)38-29-49-42(51-38)40-16-12-26-54(40)43(55)30(2)50-45(57)59-6/h8-10,13-14,17-24,28-30,39-41H,7,11-12,15-16,25-27H2,1-6H3,(H,49,51)(H,50,57)/t30-,39?,40?,41+/m0/s1. The van der Waals surface area contributed by atoms with Crippen LogP contribution in [0.1, 0.15) is 95.8 Å². The van der Waals surface area contributed by atoms with Crippen molar-refractivity contribution in [1.29, 1.82) is 0 Å². The number of likely N-dealkylation sites (tertiary alicyclic amines) is 2. The fourth-order valence-electron chi connectivity index (χ4n) is 8.42. The van der Waals surface area contributed by atoms with Gasteiger partial charge in [-0.2, -0.15) is 0 Å². The highest BCUT2D eigenvalue weighted by Crippen LogP contribution is 2.36. The van der Waals surface area contributed by atoms with Crippen LogP contribution in [0, 0.1) is 0 Å². The third kappa shape index (κ3) is 9.15. The van der Waals surface area contributed by atoms with E-state index < -0.39 is 29.9 Å². The first-order valence-electron chi connectivity index (χ1n) is 20.9. The Balaban J connectivity index is 0.987. The van der Waals surface area contributed by atoms with Crippen molar-refractivity contribution in [3.05, 3.63) is 108 Å². The summed E-state index contributed by atoms with van der Waals surface area (Å²) in [6.45, 7) is 10.5. The van der Waals surface area contributed by atoms with Crippen molar-refractivity contribution in [3.63, 3.8) is 0 Å². The summed E-state index contributed by atoms with van der Waals surface area (Å²) in [6, 6.07) is 24.4. The average Bonchev–Trinajstić information content (AvgIpc) is 4.09. The summed E-state index contributed by atoms with van der Waals surface area (Å²) in [5.74, 6) is 0.429. The molecular formula is C47H55N7O6. The van der Waals surface area contributed by atoms with Crippen molar-refractivity contribution in [2.75, 3.05) is 26.7 Å². The number of rotatable bonds is 11. The lowest BCUT2D eigenvalue weighted by Crippen LogP contribution is -2.49. The van der Waals surface area contributed by atoms with Gasteiger partial charge in [0.05, 0.1) is 31.1 Å². The molecule has 2 fully saturated rings. The van der Waals surface area contributed by atoms with E-state index in [0.717, 1.165) is 76.3 Å². The first-order valence-corrected chi connectivity index (χ1v) is 20.9. The topological polar surface area (TPSA) is 150 Å². The van der Waals surface area contributed by atoms with Crippen molar-refractivity contribution in [1.82, 2.24) is 30.0 Å². The number of carbonyl (C=O) groups excluding carboxylic acids is 4. The minimum absolute atomic E-state index is 0.121. The Morgan fingerprint density at radius 1 is 0.850 bits per heavy atom. The molecule has 4 amide bonds. The van der Waals surface area contributed by atoms with E-state index in [9.17, 15) is 19.2 Å². The number of aromatic nitrogens is 2. The largest absolute Gasteiger partial charge is 0.453 e. The second kappa shape index (κ2) is 17.9. The van der Waals surface area contributed by atoms with Crippen LogP contribution >= 0.6 is 0 Å². The molecule has 2 unspecified atom stereocenters. The van der Waals surface area contributed by atoms with Crippen molar-refractivity contribution in [2.45, 2.75) is 96.5 Å². The van der Waals surface area contributed by atoms with Gasteiger partial charge in [0.1, 0.15) is 23.5 Å². The van der Waals surface area contributed by atoms with E-state index >= 15 is 0 Å². The van der Waals surface area contributed by atoms with Crippen LogP contribution in [-0.4, -0.2) is 98.8 Å². The van der Waals surface area contributed by atoms with E-state index in [4.69, 9.17) is 9.73 Å². The van der Waals surface area contributed by atoms with E-state index in [-0.39, 0.29) is 23.9 Å². The molecule has 7 rings (SSSR count). The second-order valence-corrected chi connectivity index (χ2v) is 16.6. The summed E-state index contributed by atoms with van der Waals surface area (Å²) >= 11 is 0. The number of alkyl carbamates (subject to hydrolysis) is 1. The lowest BCUT2D eigenvalue weighted by atomic mass is 9.96. The monoisotopic (exact) mass is 813 g/mol. The zero-order valence-corrected chi connectivity index (χ0v) is 35.3. The van der Waals surface area contributed by atoms with Gasteiger partial charge >= 0.3 is 12.2 Å². The Labute approximate surface area is 351 Å². The van der Waals surface area contributed by atoms with Gasteiger partial charge in [0.2, 0.25) is 5.91 Å². The molecule has 4 aromatic rings. The molecular weight excluding hydrogens is 759 g/mol. The smallest absolute Gasteiger partial charge is 0.411 e. The van der Waals surface area contributed by atoms with Crippen LogP contribution in [0.3, 0.4) is 0 Å². The Morgan fingerprint density at radius 2 is 1.45 bits per heavy atom. The number of hydrogen-bond acceptors (Lipinski definition) is 8. The Hall–Kier alpha value is -6.24. The molecule has 3 aliphatic heterocycles. The highest BCUT2D eigenvalue weighted by Gasteiger charge is 2.41. The van der Waals surface area contributed by atoms with Gasteiger partial charge in [-0.1, -0.05) is 78.9 Å². The Bertz CT molecular complexity index is 2240. The van der Waals surface area contributed by atoms with Crippen molar-refractivity contribution in [3.8, 4) is 22.4 Å². The van der Waals surface area contributed by atoms with E-state index in [0.29, 0.717) is 26.1 Å². The number of nitrogens with zero attached hydrogens (tertiary/aromatic N) is 5. The molecule has 3 aliphatic rings. The quantitative estimate of drug-likeness (QED) is 0.155. The van der Waals surface area contributed by atoms with Crippen molar-refractivity contribution >= 4 is 35.3 Å². The number of amides is 4. The molecule has 0 spiro atoms. The van der Waals surface area contributed by atoms with Crippen LogP contribution in [-0.2, 0) is 19.1 Å². The second-order valence-electron chi connectivity index (χ2n) is 16.6. The number of allylic oxidation sites excluding steroid dienone is 1. The number of ether oxygens (including phenoxy) is 2. The van der Waals surface area contributed by atoms with Gasteiger partial charge in [-0.25, -0.2) is 14.6 Å². The summed E-state index contributed by atoms with van der Waals surface area (Å²) in [6.07, 6.45) is 6.52. The van der Waals surface area contributed by atoms with Gasteiger partial charge in [-0.15, -0.1) is 0 Å². The number of aromatic amines is 1. The maximum absolute atomic E-state index is 14.5. The summed E-state index contributed by atoms with van der Waals surface area (Å²) < 4.78 is 10.4. The first kappa shape index (κ1) is 41.9. The molecule has 1 aromatic heterocycles. The van der Waals surface area contributed by atoms with Gasteiger partial charge in [0.25, 0.3) is 5.91 Å². The van der Waals surface area contributed by atoms with Crippen molar-refractivity contribution in [2.24, 2.45) is 4.99 Å². The van der Waals surface area contributed by atoms with Crippen LogP contribution in [0.15, 0.2) is 96.3 Å². The van der Waals surface area contributed by atoms with Gasteiger partial charge in [0.15, 0.2) is 0 Å². The lowest BCUT2D eigenvalue weighted by molar-refractivity contribution is -0.137. The maximum Gasteiger partial charge on any atom is 0.411 e. The molecule has 0 saturated carbocycles. The van der Waals surface area contributed by atoms with E-state index in [1.807, 2.05) is 69.1 Å². The van der Waals surface area contributed by atoms with E-state index in [1.54, 1.807) is 18.0 Å². The molecule has 314 valence electrons. The van der Waals surface area contributed by atoms with E-state index in [1.165, 1.54) is 12.0 Å². The Kier molecular flexibility index (Phi) is 12.5. The number of carbonyl (C=O) groups is 4. The molecule has 3 aromatic carbocycles. The third-order valence-corrected chi connectivity index (χ3v) is 11.4. The lowest BCUT2D eigenvalue weighted by Gasteiger charge is -2.36. The van der Waals surface area contributed by atoms with Crippen LogP contribution in [0.2, 0.25) is 0 Å². The highest BCUT2D eigenvalue weighted by atomic mass is 16.6. The number of methoxy groups -OCH3 is 1. The maximum atomic E-state index is 14.5. The number of H-pyrrole nitrogens is 1. The zero-order chi connectivity index (χ0) is 42.6. The molecule has 2 N–H and O–H groups in total. The minimum Gasteiger partial charge on any atom is -0.453 e. The molecule has 13 nitrogen and oxygen atoms in total. The Morgan fingerprint density at radius 3 is 2.07 bits per heavy atom. The summed E-state index contributed by atoms with van der Waals surface area (Å²) in [4.78, 5) is 71.0. The predicted molar refractivity (Wildman–Crippen MR) is 231 cm³/mol. The number of nitrogens with one attached hydrogen (secondary N) is 2. The number of imidazole rings is 1. The van der Waals surface area contributed by atoms with Gasteiger partial charge in [-0.05, 0) is 93.7 Å². The normalized spacial score (nSPS) is 18.7. The SMILES string of the molecule is CCN(C(=O)OC(C)(C)C)[C@@H](C(=O)N1CCCC1C1=NC=C(c2ccc(-c3ccc(-c4cnc(C5CCCN5C(=O)[C@H](C)NC(=O)OC)[nH]4)cc3)cc2)C1)c1ccccc1. The number of likely N-dealkylation sites (N-methyl/N-ethyl adjacent to an activating group) is 1. The molecule has 0 bridgehead atoms. The molecule has 4 atom stereocenters. The number of benzene rings is 3. The summed E-state index contributed by atoms with van der Waals surface area (Å²) in [5.41, 5.74) is 7.18. The molecule has 4 heterocycles. The average molecular weight is 814 g/mol. The third-order valence-electron chi connectivity index (χ3n) is 11.4. The van der Waals surface area contributed by atoms with Crippen LogP contribution in [0.25, 0.3) is 28.0 Å². The predicted octanol–water partition coefficient (Wildman–Crippen LogP) is 8.33. The van der Waals surface area contributed by atoms with Crippen molar-refractivity contribution < 1.29 is 28.7 Å². The summed E-state index contributed by atoms with van der Waals surface area (Å²) in [7, 11) is 1.27. The van der Waals surface area contributed by atoms with Crippen LogP contribution in [0.5, 0.6) is 0 Å². The fourth-order valence-corrected chi connectivity index (χ4v) is 8.42. The van der Waals surface area contributed by atoms with Gasteiger partial charge in [-0.3, -0.25) is 19.5 Å². The molecule has 13 heteroatoms. The molecule has 2 saturated heterocycles. The fraction of sp³-hybridized carbons (Fsp3) is 0.404.